The molecule has 6 heteroatoms. The van der Waals surface area contributed by atoms with Gasteiger partial charge in [-0.3, -0.25) is 0 Å². The summed E-state index contributed by atoms with van der Waals surface area (Å²) in [7, 11) is 0. The van der Waals surface area contributed by atoms with Crippen molar-refractivity contribution in [3.05, 3.63) is 121 Å². The van der Waals surface area contributed by atoms with Crippen LogP contribution < -0.4 is 17.4 Å². The van der Waals surface area contributed by atoms with Gasteiger partial charge in [0.2, 0.25) is 0 Å². The van der Waals surface area contributed by atoms with Crippen molar-refractivity contribution in [2.24, 2.45) is 0 Å². The van der Waals surface area contributed by atoms with Crippen molar-refractivity contribution < 1.29 is 31.1 Å². The molecule has 0 aliphatic rings. The van der Waals surface area contributed by atoms with E-state index in [1.807, 2.05) is 72.8 Å². The van der Waals surface area contributed by atoms with Crippen LogP contribution in [0.15, 0.2) is 121 Å². The molecule has 0 fully saturated rings. The van der Waals surface area contributed by atoms with Crippen molar-refractivity contribution in [2.45, 2.75) is 0 Å². The molecule has 0 aliphatic heterocycles. The molecule has 0 saturated heterocycles. The fourth-order valence-electron chi connectivity index (χ4n) is 3.77. The number of hydrogen-bond acceptors (Lipinski definition) is 4. The summed E-state index contributed by atoms with van der Waals surface area (Å²) >= 11 is -8.77. The first-order valence-corrected chi connectivity index (χ1v) is 17.1. The molecule has 4 nitrogen and oxygen atoms in total. The van der Waals surface area contributed by atoms with Gasteiger partial charge in [-0.1, -0.05) is 0 Å². The summed E-state index contributed by atoms with van der Waals surface area (Å²) in [6, 6.07) is 40.7. The van der Waals surface area contributed by atoms with Gasteiger partial charge in [-0.05, 0) is 0 Å². The molecule has 0 saturated carbocycles. The van der Waals surface area contributed by atoms with Gasteiger partial charge in [-0.25, -0.2) is 0 Å². The number of benzene rings is 4. The molecule has 0 aliphatic carbocycles. The van der Waals surface area contributed by atoms with Crippen LogP contribution in [0.4, 0.5) is 0 Å². The van der Waals surface area contributed by atoms with E-state index in [9.17, 15) is 4.10 Å². The zero-order valence-electron chi connectivity index (χ0n) is 16.0. The standard InChI is InChI=1S/C24H21AsO.3O.Re/c26-25(21-13-5-1-6-14-21,22-15-7-2-8-16-22,23-17-9-3-10-18-23)24-19-11-4-12-20-24;;;;/h1-20,26H;;;;. The van der Waals surface area contributed by atoms with E-state index in [-0.39, 0.29) is 0 Å². The Balaban J connectivity index is 0.000000589. The van der Waals surface area contributed by atoms with Crippen LogP contribution in [0, 0.1) is 0 Å². The maximum absolute atomic E-state index is 13.0. The SMILES string of the molecule is O[As](c1ccccc1)(c1ccccc1)(c1ccccc1)c1ccccc1.[O]=[Re](=[O])=[O]. The molecule has 0 aromatic heterocycles. The summed E-state index contributed by atoms with van der Waals surface area (Å²) in [4.78, 5) is 0. The molecular formula is C24H21AsO4Re. The van der Waals surface area contributed by atoms with E-state index in [0.29, 0.717) is 0 Å². The molecule has 30 heavy (non-hydrogen) atoms. The van der Waals surface area contributed by atoms with E-state index in [1.54, 1.807) is 0 Å². The van der Waals surface area contributed by atoms with Gasteiger partial charge in [-0.2, -0.15) is 0 Å². The molecule has 0 heterocycles. The van der Waals surface area contributed by atoms with Crippen molar-refractivity contribution in [2.75, 3.05) is 0 Å². The van der Waals surface area contributed by atoms with Crippen molar-refractivity contribution in [1.29, 1.82) is 0 Å². The molecule has 0 unspecified atom stereocenters. The Bertz CT molecular complexity index is 1020. The number of rotatable bonds is 4. The van der Waals surface area contributed by atoms with E-state index in [2.05, 4.69) is 48.5 Å². The van der Waals surface area contributed by atoms with Crippen LogP contribution in [0.3, 0.4) is 0 Å². The molecule has 0 atom stereocenters. The van der Waals surface area contributed by atoms with E-state index >= 15 is 0 Å². The zero-order chi connectivity index (χ0) is 21.5. The molecule has 4 rings (SSSR count). The van der Waals surface area contributed by atoms with Gasteiger partial charge in [-0.15, -0.1) is 0 Å². The fraction of sp³-hybridized carbons (Fsp3) is 0. The van der Waals surface area contributed by atoms with Crippen LogP contribution in [0.1, 0.15) is 0 Å². The minimum absolute atomic E-state index is 0.995. The van der Waals surface area contributed by atoms with E-state index < -0.39 is 29.4 Å². The molecule has 0 amide bonds. The Kier molecular flexibility index (Phi) is 7.03. The van der Waals surface area contributed by atoms with Gasteiger partial charge in [0, 0.05) is 0 Å². The Morgan fingerprint density at radius 1 is 0.433 bits per heavy atom. The summed E-state index contributed by atoms with van der Waals surface area (Å²) in [5, 5.41) is 0. The van der Waals surface area contributed by atoms with Crippen LogP contribution in [0.2, 0.25) is 0 Å². The molecule has 4 aromatic carbocycles. The number of hydrogen-bond donors (Lipinski definition) is 1. The minimum atomic E-state index is -4.55. The fourth-order valence-corrected chi connectivity index (χ4v) is 13.8. The first-order valence-electron chi connectivity index (χ1n) is 9.20. The van der Waals surface area contributed by atoms with E-state index in [0.717, 1.165) is 17.4 Å². The second-order valence-corrected chi connectivity index (χ2v) is 16.8. The van der Waals surface area contributed by atoms with Crippen LogP contribution in [0.5, 0.6) is 0 Å². The molecule has 0 bridgehead atoms. The third-order valence-electron chi connectivity index (χ3n) is 5.04. The van der Waals surface area contributed by atoms with Gasteiger partial charge in [0.05, 0.1) is 0 Å². The second kappa shape index (κ2) is 9.51. The zero-order valence-corrected chi connectivity index (χ0v) is 20.6. The van der Waals surface area contributed by atoms with E-state index in [1.165, 1.54) is 0 Å². The topological polar surface area (TPSA) is 71.4 Å². The average molecular weight is 635 g/mol. The molecule has 1 N–H and O–H groups in total. The third kappa shape index (κ3) is 4.03. The van der Waals surface area contributed by atoms with Crippen molar-refractivity contribution >= 4 is 30.2 Å². The maximum atomic E-state index is 13.0. The van der Waals surface area contributed by atoms with Crippen molar-refractivity contribution in [1.82, 2.24) is 0 Å². The summed E-state index contributed by atoms with van der Waals surface area (Å²) in [5.74, 6) is 0. The van der Waals surface area contributed by atoms with E-state index in [4.69, 9.17) is 10.4 Å². The Labute approximate surface area is 182 Å². The quantitative estimate of drug-likeness (QED) is 0.350. The summed E-state index contributed by atoms with van der Waals surface area (Å²) in [6.07, 6.45) is 0. The monoisotopic (exact) mass is 635 g/mol. The van der Waals surface area contributed by atoms with Crippen molar-refractivity contribution in [3.8, 4) is 0 Å². The van der Waals surface area contributed by atoms with Crippen LogP contribution >= 0.6 is 0 Å². The molecule has 4 aromatic rings. The summed E-state index contributed by atoms with van der Waals surface area (Å²) < 4.78 is 42.8. The van der Waals surface area contributed by atoms with Gasteiger partial charge in [0.25, 0.3) is 0 Å². The van der Waals surface area contributed by atoms with Crippen LogP contribution in [0.25, 0.3) is 0 Å². The third-order valence-corrected chi connectivity index (χ3v) is 16.0. The summed E-state index contributed by atoms with van der Waals surface area (Å²) in [5.41, 5.74) is 0. The first kappa shape index (κ1) is 22.2. The summed E-state index contributed by atoms with van der Waals surface area (Å²) in [6.45, 7) is 0. The Morgan fingerprint density at radius 2 is 0.600 bits per heavy atom. The molecule has 0 spiro atoms. The Morgan fingerprint density at radius 3 is 0.767 bits per heavy atom. The average Bonchev–Trinajstić information content (AvgIpc) is 2.81. The van der Waals surface area contributed by atoms with Gasteiger partial charge in [0.1, 0.15) is 0 Å². The normalized spacial score (nSPS) is 12.0. The predicted molar refractivity (Wildman–Crippen MR) is 114 cm³/mol. The van der Waals surface area contributed by atoms with Crippen LogP contribution in [-0.4, -0.2) is 16.9 Å². The molecular weight excluding hydrogens is 613 g/mol. The Hall–Kier alpha value is -2.54. The van der Waals surface area contributed by atoms with Crippen molar-refractivity contribution in [3.63, 3.8) is 0 Å². The second-order valence-electron chi connectivity index (χ2n) is 6.60. The first-order chi connectivity index (χ1) is 14.5. The predicted octanol–water partition coefficient (Wildman–Crippen LogP) is 2.15. The van der Waals surface area contributed by atoms with Gasteiger partial charge >= 0.3 is 183 Å². The van der Waals surface area contributed by atoms with Gasteiger partial charge in [0.15, 0.2) is 0 Å². The molecule has 0 radical (unpaired) electrons. The van der Waals surface area contributed by atoms with Crippen LogP contribution in [-0.2, 0) is 27.0 Å². The molecule has 153 valence electrons. The van der Waals surface area contributed by atoms with Gasteiger partial charge < -0.3 is 0 Å².